The van der Waals surface area contributed by atoms with Crippen molar-refractivity contribution < 1.29 is 4.74 Å². The highest BCUT2D eigenvalue weighted by molar-refractivity contribution is 5.80. The van der Waals surface area contributed by atoms with Gasteiger partial charge in [-0.25, -0.2) is 0 Å². The largest absolute Gasteiger partial charge is 0.492 e. The zero-order valence-corrected chi connectivity index (χ0v) is 16.0. The van der Waals surface area contributed by atoms with Gasteiger partial charge in [0.05, 0.1) is 23.7 Å². The Morgan fingerprint density at radius 3 is 2.64 bits per heavy atom. The van der Waals surface area contributed by atoms with Crippen molar-refractivity contribution in [3.63, 3.8) is 0 Å². The molecule has 0 aliphatic carbocycles. The van der Waals surface area contributed by atoms with E-state index >= 15 is 0 Å². The van der Waals surface area contributed by atoms with Gasteiger partial charge in [0.1, 0.15) is 11.8 Å². The van der Waals surface area contributed by atoms with Crippen molar-refractivity contribution in [3.8, 4) is 17.9 Å². The van der Waals surface area contributed by atoms with Gasteiger partial charge >= 0.3 is 0 Å². The van der Waals surface area contributed by atoms with Crippen LogP contribution in [0.25, 0.3) is 10.9 Å². The van der Waals surface area contributed by atoms with Crippen LogP contribution in [0.5, 0.6) is 5.75 Å². The molecule has 0 spiro atoms. The molecule has 1 atom stereocenters. The highest BCUT2D eigenvalue weighted by Crippen LogP contribution is 2.30. The van der Waals surface area contributed by atoms with Gasteiger partial charge in [0.15, 0.2) is 0 Å². The van der Waals surface area contributed by atoms with Crippen LogP contribution in [0.15, 0.2) is 53.3 Å². The number of para-hydroxylation sites is 1. The summed E-state index contributed by atoms with van der Waals surface area (Å²) in [7, 11) is 0. The van der Waals surface area contributed by atoms with Crippen LogP contribution < -0.4 is 10.3 Å². The zero-order valence-electron chi connectivity index (χ0n) is 16.0. The molecule has 1 unspecified atom stereocenters. The van der Waals surface area contributed by atoms with Gasteiger partial charge in [-0.15, -0.1) is 0 Å². The number of aryl methyl sites for hydroxylation is 1. The maximum Gasteiger partial charge on any atom is 0.251 e. The summed E-state index contributed by atoms with van der Waals surface area (Å²) in [5, 5.41) is 19.9. The van der Waals surface area contributed by atoms with Crippen LogP contribution in [-0.2, 0) is 11.8 Å². The van der Waals surface area contributed by atoms with Gasteiger partial charge in [-0.05, 0) is 48.6 Å². The molecule has 0 saturated heterocycles. The highest BCUT2D eigenvalue weighted by atomic mass is 16.5. The Balaban J connectivity index is 1.84. The number of hydrogen-bond acceptors (Lipinski definition) is 4. The maximum atomic E-state index is 12.1. The Kier molecular flexibility index (Phi) is 5.47. The number of nitriles is 2. The molecule has 140 valence electrons. The Morgan fingerprint density at radius 2 is 1.93 bits per heavy atom. The maximum absolute atomic E-state index is 12.1. The van der Waals surface area contributed by atoms with Crippen molar-refractivity contribution >= 4 is 10.9 Å². The van der Waals surface area contributed by atoms with E-state index in [-0.39, 0.29) is 5.56 Å². The number of nitrogens with one attached hydrogen (secondary N) is 1. The van der Waals surface area contributed by atoms with Crippen molar-refractivity contribution in [1.82, 2.24) is 4.98 Å². The van der Waals surface area contributed by atoms with Crippen LogP contribution in [0.1, 0.15) is 37.0 Å². The molecule has 28 heavy (non-hydrogen) atoms. The third kappa shape index (κ3) is 3.75. The molecule has 5 heteroatoms. The lowest BCUT2D eigenvalue weighted by Crippen LogP contribution is -2.23. The van der Waals surface area contributed by atoms with Crippen molar-refractivity contribution in [2.45, 2.75) is 32.1 Å². The Morgan fingerprint density at radius 1 is 1.14 bits per heavy atom. The second-order valence-corrected chi connectivity index (χ2v) is 6.93. The first-order chi connectivity index (χ1) is 13.5. The Bertz CT molecular complexity index is 1150. The third-order valence-electron chi connectivity index (χ3n) is 5.05. The quantitative estimate of drug-likeness (QED) is 0.703. The summed E-state index contributed by atoms with van der Waals surface area (Å²) in [5.74, 6) is 0.514. The second-order valence-electron chi connectivity index (χ2n) is 6.93. The number of hydrogen-bond donors (Lipinski definition) is 1. The van der Waals surface area contributed by atoms with E-state index in [9.17, 15) is 10.1 Å². The second kappa shape index (κ2) is 7.98. The van der Waals surface area contributed by atoms with Crippen LogP contribution in [0.4, 0.5) is 0 Å². The highest BCUT2D eigenvalue weighted by Gasteiger charge is 2.27. The van der Waals surface area contributed by atoms with Gasteiger partial charge in [0, 0.05) is 17.5 Å². The molecule has 0 aliphatic rings. The summed E-state index contributed by atoms with van der Waals surface area (Å²) in [4.78, 5) is 15.0. The van der Waals surface area contributed by atoms with Crippen LogP contribution >= 0.6 is 0 Å². The van der Waals surface area contributed by atoms with Crippen molar-refractivity contribution in [1.29, 1.82) is 10.5 Å². The fourth-order valence-electron chi connectivity index (χ4n) is 3.17. The molecule has 1 heterocycles. The standard InChI is InChI=1S/C23H21N3O2/c1-3-16-12-17-8-9-19(13-20(17)26-22(16)27)23(2,15-25)10-11-28-21-7-5-4-6-18(21)14-24/h4-9,12-13H,3,10-11H2,1-2H3,(H,26,27). The molecule has 0 bridgehead atoms. The van der Waals surface area contributed by atoms with E-state index in [0.717, 1.165) is 22.0 Å². The lowest BCUT2D eigenvalue weighted by molar-refractivity contribution is 0.284. The predicted molar refractivity (Wildman–Crippen MR) is 108 cm³/mol. The average Bonchev–Trinajstić information content (AvgIpc) is 2.73. The minimum absolute atomic E-state index is 0.0951. The van der Waals surface area contributed by atoms with Crippen LogP contribution in [0.3, 0.4) is 0 Å². The molecule has 0 fully saturated rings. The number of H-pyrrole nitrogens is 1. The SMILES string of the molecule is CCc1cc2ccc(C(C)(C#N)CCOc3ccccc3C#N)cc2[nH]c1=O. The normalized spacial score (nSPS) is 12.7. The summed E-state index contributed by atoms with van der Waals surface area (Å²) in [6.45, 7) is 4.10. The molecule has 1 aromatic heterocycles. The van der Waals surface area contributed by atoms with E-state index in [1.165, 1.54) is 0 Å². The molecule has 0 saturated carbocycles. The first-order valence-electron chi connectivity index (χ1n) is 9.20. The van der Waals surface area contributed by atoms with E-state index < -0.39 is 5.41 Å². The van der Waals surface area contributed by atoms with Crippen molar-refractivity contribution in [2.75, 3.05) is 6.61 Å². The van der Waals surface area contributed by atoms with E-state index in [4.69, 9.17) is 10.00 Å². The van der Waals surface area contributed by atoms with Gasteiger partial charge in [0.25, 0.3) is 5.56 Å². The summed E-state index contributed by atoms with van der Waals surface area (Å²) in [6, 6.07) is 19.1. The molecule has 2 aromatic carbocycles. The summed E-state index contributed by atoms with van der Waals surface area (Å²) < 4.78 is 5.75. The fraction of sp³-hybridized carbons (Fsp3) is 0.261. The van der Waals surface area contributed by atoms with Gasteiger partial charge in [-0.1, -0.05) is 31.2 Å². The van der Waals surface area contributed by atoms with E-state index in [2.05, 4.69) is 17.1 Å². The van der Waals surface area contributed by atoms with Crippen molar-refractivity contribution in [3.05, 3.63) is 75.6 Å². The smallest absolute Gasteiger partial charge is 0.251 e. The number of ether oxygens (including phenoxy) is 1. The average molecular weight is 371 g/mol. The molecule has 0 amide bonds. The summed E-state index contributed by atoms with van der Waals surface area (Å²) in [6.07, 6.45) is 1.12. The number of aromatic nitrogens is 1. The van der Waals surface area contributed by atoms with E-state index in [1.807, 2.05) is 44.2 Å². The molecular weight excluding hydrogens is 350 g/mol. The predicted octanol–water partition coefficient (Wildman–Crippen LogP) is 4.21. The zero-order chi connectivity index (χ0) is 20.1. The van der Waals surface area contributed by atoms with Crippen LogP contribution in [0, 0.1) is 22.7 Å². The van der Waals surface area contributed by atoms with Gasteiger partial charge in [-0.2, -0.15) is 10.5 Å². The number of aromatic amines is 1. The van der Waals surface area contributed by atoms with Gasteiger partial charge in [-0.3, -0.25) is 4.79 Å². The Hall–Kier alpha value is -3.57. The minimum atomic E-state index is -0.782. The summed E-state index contributed by atoms with van der Waals surface area (Å²) >= 11 is 0. The van der Waals surface area contributed by atoms with Crippen LogP contribution in [-0.4, -0.2) is 11.6 Å². The van der Waals surface area contributed by atoms with Gasteiger partial charge in [0.2, 0.25) is 0 Å². The molecule has 3 aromatic rings. The molecular formula is C23H21N3O2. The number of fused-ring (bicyclic) bond motifs is 1. The number of rotatable bonds is 6. The van der Waals surface area contributed by atoms with Crippen LogP contribution in [0.2, 0.25) is 0 Å². The lowest BCUT2D eigenvalue weighted by Gasteiger charge is -2.23. The van der Waals surface area contributed by atoms with Crippen molar-refractivity contribution in [2.24, 2.45) is 0 Å². The molecule has 0 aliphatic heterocycles. The fourth-order valence-corrected chi connectivity index (χ4v) is 3.17. The van der Waals surface area contributed by atoms with Gasteiger partial charge < -0.3 is 9.72 Å². The number of nitrogens with zero attached hydrogens (tertiary/aromatic N) is 2. The molecule has 0 radical (unpaired) electrons. The monoisotopic (exact) mass is 371 g/mol. The molecule has 3 rings (SSSR count). The topological polar surface area (TPSA) is 89.7 Å². The lowest BCUT2D eigenvalue weighted by atomic mass is 9.81. The van der Waals surface area contributed by atoms with E-state index in [1.54, 1.807) is 18.2 Å². The molecule has 1 N–H and O–H groups in total. The Labute approximate surface area is 163 Å². The number of benzene rings is 2. The van der Waals surface area contributed by atoms with E-state index in [0.29, 0.717) is 30.8 Å². The minimum Gasteiger partial charge on any atom is -0.492 e. The first-order valence-corrected chi connectivity index (χ1v) is 9.20. The summed E-state index contributed by atoms with van der Waals surface area (Å²) in [5.41, 5.74) is 1.87. The third-order valence-corrected chi connectivity index (χ3v) is 5.05. The number of pyridine rings is 1. The molecule has 5 nitrogen and oxygen atoms in total. The first kappa shape index (κ1) is 19.2.